The normalized spacial score (nSPS) is 13.7. The fourth-order valence-electron chi connectivity index (χ4n) is 3.15. The number of hydrogen-bond acceptors (Lipinski definition) is 5. The van der Waals surface area contributed by atoms with Gasteiger partial charge in [-0.2, -0.15) is 5.26 Å². The number of benzene rings is 2. The number of anilines is 1. The monoisotopic (exact) mass is 388 g/mol. The van der Waals surface area contributed by atoms with Gasteiger partial charge in [-0.3, -0.25) is 4.79 Å². The molecule has 0 unspecified atom stereocenters. The summed E-state index contributed by atoms with van der Waals surface area (Å²) in [6.07, 6.45) is 1.55. The Morgan fingerprint density at radius 2 is 2.10 bits per heavy atom. The first-order valence-electron chi connectivity index (χ1n) is 8.71. The van der Waals surface area contributed by atoms with Gasteiger partial charge in [-0.15, -0.1) is 0 Å². The third-order valence-corrected chi connectivity index (χ3v) is 4.59. The molecule has 0 aliphatic carbocycles. The maximum absolute atomic E-state index is 12.8. The number of methoxy groups -OCH3 is 1. The average molecular weight is 388 g/mol. The van der Waals surface area contributed by atoms with E-state index in [0.29, 0.717) is 34.0 Å². The van der Waals surface area contributed by atoms with E-state index in [1.165, 1.54) is 7.05 Å². The molecule has 3 N–H and O–H groups in total. The van der Waals surface area contributed by atoms with Gasteiger partial charge in [0.05, 0.1) is 12.7 Å². The van der Waals surface area contributed by atoms with Crippen molar-refractivity contribution in [1.29, 1.82) is 5.26 Å². The van der Waals surface area contributed by atoms with Crippen molar-refractivity contribution < 1.29 is 19.1 Å². The van der Waals surface area contributed by atoms with Crippen LogP contribution in [0.25, 0.3) is 17.0 Å². The maximum atomic E-state index is 12.8. The number of urea groups is 1. The standard InChI is InChI=1S/C21H16N4O4/c1-23-21(27)24-11-3-6-18-15(7-11)20(26)19(29-18)9-14-13-8-12(28-2)4-5-16(13)25-17(14)10-22/h3-9,25H,1-2H3,(H2,23,24,27)/b19-9-. The van der Waals surface area contributed by atoms with Crippen molar-refractivity contribution in [3.63, 3.8) is 0 Å². The number of Topliss-reactive ketones (excluding diaryl/α,β-unsaturated/α-hetero) is 1. The summed E-state index contributed by atoms with van der Waals surface area (Å²) in [7, 11) is 3.06. The zero-order valence-electron chi connectivity index (χ0n) is 15.6. The van der Waals surface area contributed by atoms with E-state index in [4.69, 9.17) is 9.47 Å². The van der Waals surface area contributed by atoms with E-state index in [1.54, 1.807) is 49.6 Å². The topological polar surface area (TPSA) is 116 Å². The van der Waals surface area contributed by atoms with Gasteiger partial charge < -0.3 is 25.1 Å². The highest BCUT2D eigenvalue weighted by molar-refractivity contribution is 6.16. The minimum atomic E-state index is -0.390. The van der Waals surface area contributed by atoms with Crippen LogP contribution in [0.1, 0.15) is 21.6 Å². The molecule has 8 heteroatoms. The zero-order chi connectivity index (χ0) is 20.5. The molecule has 0 atom stereocenters. The zero-order valence-corrected chi connectivity index (χ0v) is 15.6. The molecule has 0 radical (unpaired) electrons. The van der Waals surface area contributed by atoms with Crippen LogP contribution in [0.2, 0.25) is 0 Å². The summed E-state index contributed by atoms with van der Waals surface area (Å²) < 4.78 is 11.0. The van der Waals surface area contributed by atoms with Crippen molar-refractivity contribution in [2.45, 2.75) is 0 Å². The molecule has 8 nitrogen and oxygen atoms in total. The molecule has 144 valence electrons. The number of ether oxygens (including phenoxy) is 2. The smallest absolute Gasteiger partial charge is 0.318 e. The number of ketones is 1. The molecule has 2 aromatic carbocycles. The molecule has 0 fully saturated rings. The summed E-state index contributed by atoms with van der Waals surface area (Å²) in [6, 6.07) is 11.9. The van der Waals surface area contributed by atoms with Crippen LogP contribution in [0.4, 0.5) is 10.5 Å². The number of nitrogens with one attached hydrogen (secondary N) is 3. The molecule has 1 aliphatic rings. The van der Waals surface area contributed by atoms with Gasteiger partial charge in [-0.05, 0) is 42.5 Å². The van der Waals surface area contributed by atoms with E-state index in [1.807, 2.05) is 0 Å². The number of H-pyrrole nitrogens is 1. The summed E-state index contributed by atoms with van der Waals surface area (Å²) in [5, 5.41) is 15.3. The summed E-state index contributed by atoms with van der Waals surface area (Å²) in [4.78, 5) is 27.4. The molecule has 4 rings (SSSR count). The van der Waals surface area contributed by atoms with Crippen molar-refractivity contribution >= 4 is 34.5 Å². The Bertz CT molecular complexity index is 1230. The molecule has 2 heterocycles. The number of carbonyl (C=O) groups is 2. The maximum Gasteiger partial charge on any atom is 0.318 e. The third kappa shape index (κ3) is 3.15. The first-order valence-corrected chi connectivity index (χ1v) is 8.71. The van der Waals surface area contributed by atoms with Gasteiger partial charge in [0.2, 0.25) is 5.78 Å². The predicted molar refractivity (Wildman–Crippen MR) is 107 cm³/mol. The van der Waals surface area contributed by atoms with Gasteiger partial charge in [0, 0.05) is 29.2 Å². The first kappa shape index (κ1) is 18.1. The second kappa shape index (κ2) is 7.05. The number of rotatable bonds is 3. The molecule has 29 heavy (non-hydrogen) atoms. The van der Waals surface area contributed by atoms with Gasteiger partial charge in [-0.25, -0.2) is 4.79 Å². The minimum Gasteiger partial charge on any atom is -0.497 e. The van der Waals surface area contributed by atoms with Crippen molar-refractivity contribution in [3.05, 3.63) is 59.0 Å². The number of nitriles is 1. The fourth-order valence-corrected chi connectivity index (χ4v) is 3.15. The second-order valence-electron chi connectivity index (χ2n) is 6.29. The average Bonchev–Trinajstić information content (AvgIpc) is 3.25. The molecule has 2 amide bonds. The lowest BCUT2D eigenvalue weighted by Gasteiger charge is -2.04. The van der Waals surface area contributed by atoms with E-state index < -0.39 is 6.03 Å². The second-order valence-corrected chi connectivity index (χ2v) is 6.29. The Hall–Kier alpha value is -4.25. The molecule has 1 aromatic heterocycles. The lowest BCUT2D eigenvalue weighted by molar-refractivity contribution is 0.101. The summed E-state index contributed by atoms with van der Waals surface area (Å²) >= 11 is 0. The highest BCUT2D eigenvalue weighted by Crippen LogP contribution is 2.35. The number of fused-ring (bicyclic) bond motifs is 2. The van der Waals surface area contributed by atoms with Gasteiger partial charge in [0.1, 0.15) is 23.3 Å². The summed E-state index contributed by atoms with van der Waals surface area (Å²) in [6.45, 7) is 0. The Balaban J connectivity index is 1.75. The Morgan fingerprint density at radius 1 is 1.28 bits per heavy atom. The summed E-state index contributed by atoms with van der Waals surface area (Å²) in [5.41, 5.74) is 2.41. The van der Waals surface area contributed by atoms with E-state index in [-0.39, 0.29) is 11.5 Å². The molecule has 0 bridgehead atoms. The predicted octanol–water partition coefficient (Wildman–Crippen LogP) is 3.42. The highest BCUT2D eigenvalue weighted by Gasteiger charge is 2.28. The lowest BCUT2D eigenvalue weighted by Crippen LogP contribution is -2.24. The van der Waals surface area contributed by atoms with Gasteiger partial charge >= 0.3 is 6.03 Å². The van der Waals surface area contributed by atoms with Crippen LogP contribution < -0.4 is 20.1 Å². The molecule has 1 aliphatic heterocycles. The Labute approximate surface area is 165 Å². The van der Waals surface area contributed by atoms with Crippen molar-refractivity contribution in [2.24, 2.45) is 0 Å². The molecule has 3 aromatic rings. The third-order valence-electron chi connectivity index (χ3n) is 4.59. The number of carbonyl (C=O) groups excluding carboxylic acids is 2. The minimum absolute atomic E-state index is 0.0947. The van der Waals surface area contributed by atoms with Gasteiger partial charge in [0.15, 0.2) is 5.76 Å². The molecule has 0 saturated heterocycles. The molecule has 0 saturated carbocycles. The Kier molecular flexibility index (Phi) is 4.41. The van der Waals surface area contributed by atoms with Crippen LogP contribution in [-0.2, 0) is 0 Å². The number of allylic oxidation sites excluding steroid dienone is 1. The van der Waals surface area contributed by atoms with Crippen LogP contribution in [0, 0.1) is 11.3 Å². The van der Waals surface area contributed by atoms with E-state index in [9.17, 15) is 14.9 Å². The van der Waals surface area contributed by atoms with Crippen LogP contribution in [0.15, 0.2) is 42.2 Å². The lowest BCUT2D eigenvalue weighted by atomic mass is 10.1. The van der Waals surface area contributed by atoms with E-state index in [2.05, 4.69) is 21.7 Å². The SMILES string of the molecule is CNC(=O)Nc1ccc2c(c1)C(=O)/C(=C/c1c(C#N)[nH]c3ccc(OC)cc13)O2. The number of aromatic amines is 1. The summed E-state index contributed by atoms with van der Waals surface area (Å²) in [5.74, 6) is 0.783. The van der Waals surface area contributed by atoms with Crippen LogP contribution in [0.5, 0.6) is 11.5 Å². The highest BCUT2D eigenvalue weighted by atomic mass is 16.5. The van der Waals surface area contributed by atoms with Gasteiger partial charge in [0.25, 0.3) is 0 Å². The van der Waals surface area contributed by atoms with Gasteiger partial charge in [-0.1, -0.05) is 0 Å². The molecular weight excluding hydrogens is 372 g/mol. The number of nitrogens with zero attached hydrogens (tertiary/aromatic N) is 1. The Morgan fingerprint density at radius 3 is 2.83 bits per heavy atom. The van der Waals surface area contributed by atoms with Crippen molar-refractivity contribution in [1.82, 2.24) is 10.3 Å². The number of amides is 2. The van der Waals surface area contributed by atoms with Crippen molar-refractivity contribution in [3.8, 4) is 17.6 Å². The first-order chi connectivity index (χ1) is 14.0. The molecular formula is C21H16N4O4. The van der Waals surface area contributed by atoms with Crippen molar-refractivity contribution in [2.75, 3.05) is 19.5 Å². The quantitative estimate of drug-likeness (QED) is 0.595. The number of hydrogen-bond donors (Lipinski definition) is 3. The van der Waals surface area contributed by atoms with Crippen LogP contribution in [-0.4, -0.2) is 31.0 Å². The number of aromatic nitrogens is 1. The van der Waals surface area contributed by atoms with Crippen LogP contribution in [0.3, 0.4) is 0 Å². The van der Waals surface area contributed by atoms with E-state index >= 15 is 0 Å². The largest absolute Gasteiger partial charge is 0.497 e. The fraction of sp³-hybridized carbons (Fsp3) is 0.0952. The van der Waals surface area contributed by atoms with Crippen LogP contribution >= 0.6 is 0 Å². The van der Waals surface area contributed by atoms with E-state index in [0.717, 1.165) is 10.9 Å². The molecule has 0 spiro atoms.